The minimum Gasteiger partial charge on any atom is -0.457 e. The Hall–Kier alpha value is -4.65. The van der Waals surface area contributed by atoms with Crippen molar-refractivity contribution in [2.75, 3.05) is 6.79 Å². The summed E-state index contributed by atoms with van der Waals surface area (Å²) < 4.78 is 20.9. The SMILES string of the molecule is C=CC(=O)OC(C)c1ccc(OC(=O)/C=C/c2ccc3cc(OCOC(=O)C(=C)C)ccc3c2)cc1. The molecular formula is C29H26O7. The zero-order valence-corrected chi connectivity index (χ0v) is 20.1. The lowest BCUT2D eigenvalue weighted by Gasteiger charge is -2.12. The van der Waals surface area contributed by atoms with E-state index in [1.165, 1.54) is 6.08 Å². The Morgan fingerprint density at radius 2 is 1.58 bits per heavy atom. The molecule has 1 unspecified atom stereocenters. The molecule has 3 aromatic carbocycles. The van der Waals surface area contributed by atoms with Crippen molar-refractivity contribution in [3.05, 3.63) is 103 Å². The number of rotatable bonds is 10. The van der Waals surface area contributed by atoms with Crippen molar-refractivity contribution >= 4 is 34.8 Å². The molecule has 0 bridgehead atoms. The van der Waals surface area contributed by atoms with Crippen molar-refractivity contribution in [1.82, 2.24) is 0 Å². The van der Waals surface area contributed by atoms with E-state index < -0.39 is 24.0 Å². The molecular weight excluding hydrogens is 460 g/mol. The predicted octanol–water partition coefficient (Wildman–Crippen LogP) is 5.70. The van der Waals surface area contributed by atoms with E-state index >= 15 is 0 Å². The molecule has 184 valence electrons. The molecule has 0 fully saturated rings. The van der Waals surface area contributed by atoms with E-state index in [0.29, 0.717) is 17.1 Å². The highest BCUT2D eigenvalue weighted by Gasteiger charge is 2.10. The molecule has 0 aliphatic carbocycles. The zero-order chi connectivity index (χ0) is 26.1. The van der Waals surface area contributed by atoms with Gasteiger partial charge in [0.1, 0.15) is 17.6 Å². The van der Waals surface area contributed by atoms with Gasteiger partial charge in [0.15, 0.2) is 0 Å². The van der Waals surface area contributed by atoms with Crippen LogP contribution in [0, 0.1) is 0 Å². The Morgan fingerprint density at radius 3 is 2.28 bits per heavy atom. The average Bonchev–Trinajstić information content (AvgIpc) is 2.87. The second-order valence-electron chi connectivity index (χ2n) is 7.85. The molecule has 0 radical (unpaired) electrons. The van der Waals surface area contributed by atoms with E-state index in [0.717, 1.165) is 28.0 Å². The Kier molecular flexibility index (Phi) is 8.78. The van der Waals surface area contributed by atoms with Crippen LogP contribution >= 0.6 is 0 Å². The summed E-state index contributed by atoms with van der Waals surface area (Å²) in [7, 11) is 0. The molecule has 36 heavy (non-hydrogen) atoms. The van der Waals surface area contributed by atoms with Gasteiger partial charge in [0.2, 0.25) is 6.79 Å². The minimum absolute atomic E-state index is 0.204. The van der Waals surface area contributed by atoms with Crippen LogP contribution in [0.4, 0.5) is 0 Å². The van der Waals surface area contributed by atoms with Gasteiger partial charge in [0, 0.05) is 17.7 Å². The maximum Gasteiger partial charge on any atom is 0.336 e. The summed E-state index contributed by atoms with van der Waals surface area (Å²) in [6.07, 6.45) is 3.66. The lowest BCUT2D eigenvalue weighted by atomic mass is 10.1. The fourth-order valence-electron chi connectivity index (χ4n) is 3.12. The zero-order valence-electron chi connectivity index (χ0n) is 20.1. The molecule has 3 aromatic rings. The Morgan fingerprint density at radius 1 is 0.917 bits per heavy atom. The first-order valence-corrected chi connectivity index (χ1v) is 11.1. The van der Waals surface area contributed by atoms with Gasteiger partial charge in [-0.1, -0.05) is 43.5 Å². The second kappa shape index (κ2) is 12.2. The van der Waals surface area contributed by atoms with Crippen molar-refractivity contribution < 1.29 is 33.3 Å². The maximum atomic E-state index is 12.2. The molecule has 0 aliphatic rings. The van der Waals surface area contributed by atoms with Gasteiger partial charge in [-0.05, 0) is 72.2 Å². The van der Waals surface area contributed by atoms with Crippen LogP contribution in [0.25, 0.3) is 16.8 Å². The number of hydrogen-bond donors (Lipinski definition) is 0. The predicted molar refractivity (Wildman–Crippen MR) is 136 cm³/mol. The molecule has 0 aromatic heterocycles. The smallest absolute Gasteiger partial charge is 0.336 e. The summed E-state index contributed by atoms with van der Waals surface area (Å²) >= 11 is 0. The van der Waals surface area contributed by atoms with E-state index in [4.69, 9.17) is 18.9 Å². The molecule has 1 atom stereocenters. The first-order chi connectivity index (χ1) is 17.2. The van der Waals surface area contributed by atoms with Gasteiger partial charge < -0.3 is 18.9 Å². The third-order valence-corrected chi connectivity index (χ3v) is 5.04. The number of benzene rings is 3. The van der Waals surface area contributed by atoms with Gasteiger partial charge >= 0.3 is 17.9 Å². The molecule has 0 amide bonds. The number of fused-ring (bicyclic) bond motifs is 1. The highest BCUT2D eigenvalue weighted by Crippen LogP contribution is 2.23. The normalized spacial score (nSPS) is 11.5. The van der Waals surface area contributed by atoms with E-state index in [1.54, 1.807) is 50.3 Å². The van der Waals surface area contributed by atoms with E-state index in [9.17, 15) is 14.4 Å². The number of carbonyl (C=O) groups is 3. The van der Waals surface area contributed by atoms with Crippen molar-refractivity contribution in [2.24, 2.45) is 0 Å². The van der Waals surface area contributed by atoms with Crippen molar-refractivity contribution in [3.63, 3.8) is 0 Å². The van der Waals surface area contributed by atoms with Crippen molar-refractivity contribution in [2.45, 2.75) is 20.0 Å². The summed E-state index contributed by atoms with van der Waals surface area (Å²) in [6, 6.07) is 17.8. The third-order valence-electron chi connectivity index (χ3n) is 5.04. The van der Waals surface area contributed by atoms with Gasteiger partial charge in [-0.2, -0.15) is 0 Å². The number of hydrogen-bond acceptors (Lipinski definition) is 7. The largest absolute Gasteiger partial charge is 0.457 e. The van der Waals surface area contributed by atoms with Crippen LogP contribution in [-0.4, -0.2) is 24.7 Å². The summed E-state index contributed by atoms with van der Waals surface area (Å²) in [6.45, 7) is 9.99. The van der Waals surface area contributed by atoms with Crippen molar-refractivity contribution in [3.8, 4) is 11.5 Å². The van der Waals surface area contributed by atoms with Crippen LogP contribution in [-0.2, 0) is 23.9 Å². The fourth-order valence-corrected chi connectivity index (χ4v) is 3.12. The van der Waals surface area contributed by atoms with Crippen LogP contribution in [0.2, 0.25) is 0 Å². The average molecular weight is 487 g/mol. The topological polar surface area (TPSA) is 88.1 Å². The fraction of sp³-hybridized carbons (Fsp3) is 0.138. The molecule has 0 N–H and O–H groups in total. The summed E-state index contributed by atoms with van der Waals surface area (Å²) in [5.74, 6) is -0.614. The third kappa shape index (κ3) is 7.43. The minimum atomic E-state index is -0.526. The quantitative estimate of drug-likeness (QED) is 0.157. The van der Waals surface area contributed by atoms with Gasteiger partial charge in [0.25, 0.3) is 0 Å². The highest BCUT2D eigenvalue weighted by molar-refractivity contribution is 5.91. The van der Waals surface area contributed by atoms with Crippen LogP contribution in [0.5, 0.6) is 11.5 Å². The molecule has 0 aliphatic heterocycles. The Labute approximate surface area is 209 Å². The lowest BCUT2D eigenvalue weighted by molar-refractivity contribution is -0.145. The molecule has 0 spiro atoms. The van der Waals surface area contributed by atoms with Gasteiger partial charge in [-0.3, -0.25) is 0 Å². The molecule has 0 saturated carbocycles. The molecule has 0 heterocycles. The molecule has 0 saturated heterocycles. The van der Waals surface area contributed by atoms with Crippen LogP contribution in [0.3, 0.4) is 0 Å². The van der Waals surface area contributed by atoms with Crippen LogP contribution in [0.1, 0.15) is 31.1 Å². The van der Waals surface area contributed by atoms with E-state index in [2.05, 4.69) is 13.2 Å². The van der Waals surface area contributed by atoms with Crippen molar-refractivity contribution in [1.29, 1.82) is 0 Å². The number of esters is 3. The highest BCUT2D eigenvalue weighted by atomic mass is 16.7. The van der Waals surface area contributed by atoms with Gasteiger partial charge in [0.05, 0.1) is 0 Å². The Balaban J connectivity index is 1.56. The summed E-state index contributed by atoms with van der Waals surface area (Å²) in [4.78, 5) is 35.0. The summed E-state index contributed by atoms with van der Waals surface area (Å²) in [5.41, 5.74) is 1.88. The van der Waals surface area contributed by atoms with Crippen LogP contribution in [0.15, 0.2) is 91.5 Å². The van der Waals surface area contributed by atoms with E-state index in [-0.39, 0.29) is 6.79 Å². The van der Waals surface area contributed by atoms with Crippen LogP contribution < -0.4 is 9.47 Å². The monoisotopic (exact) mass is 486 g/mol. The second-order valence-corrected chi connectivity index (χ2v) is 7.85. The molecule has 7 heteroatoms. The number of ether oxygens (including phenoxy) is 4. The van der Waals surface area contributed by atoms with E-state index in [1.807, 2.05) is 30.3 Å². The number of carbonyl (C=O) groups excluding carboxylic acids is 3. The molecule has 3 rings (SSSR count). The standard InChI is InChI=1S/C29H26O7/c1-5-27(30)35-20(4)22-9-12-25(13-10-22)36-28(31)15-7-21-6-8-24-17-26(14-11-23(24)16-21)33-18-34-29(32)19(2)3/h5-17,20H,1-2,18H2,3-4H3/b15-7+. The van der Waals surface area contributed by atoms with Gasteiger partial charge in [-0.25, -0.2) is 14.4 Å². The van der Waals surface area contributed by atoms with Gasteiger partial charge in [-0.15, -0.1) is 0 Å². The summed E-state index contributed by atoms with van der Waals surface area (Å²) in [5, 5.41) is 1.87. The Bertz CT molecular complexity index is 1320. The lowest BCUT2D eigenvalue weighted by Crippen LogP contribution is -2.10. The maximum absolute atomic E-state index is 12.2. The first-order valence-electron chi connectivity index (χ1n) is 11.1. The first kappa shape index (κ1) is 26.0. The molecule has 7 nitrogen and oxygen atoms in total.